The Hall–Kier alpha value is -3.40. The number of fused-ring (bicyclic) bond motifs is 5. The van der Waals surface area contributed by atoms with E-state index >= 15 is 0 Å². The van der Waals surface area contributed by atoms with Crippen LogP contribution in [0.2, 0.25) is 0 Å². The van der Waals surface area contributed by atoms with E-state index in [1.165, 1.54) is 33.4 Å². The number of carbonyl (C=O) groups excluding carboxylic acids is 2. The van der Waals surface area contributed by atoms with Crippen LogP contribution in [-0.4, -0.2) is 35.5 Å². The molecule has 2 unspecified atom stereocenters. The van der Waals surface area contributed by atoms with Crippen molar-refractivity contribution in [1.82, 2.24) is 4.90 Å². The third kappa shape index (κ3) is 4.37. The van der Waals surface area contributed by atoms with Gasteiger partial charge < -0.3 is 9.64 Å². The van der Waals surface area contributed by atoms with Gasteiger partial charge in [-0.25, -0.2) is 4.79 Å². The molecule has 0 radical (unpaired) electrons. The SMILES string of the molecule is Cc1cccc(C)c1CC(=O)C1CC2CCCC(C1)N2C(=O)OCC1c2ccccc2-c2ccccc21. The highest BCUT2D eigenvalue weighted by atomic mass is 16.6. The Morgan fingerprint density at radius 2 is 1.38 bits per heavy atom. The molecule has 2 fully saturated rings. The lowest BCUT2D eigenvalue weighted by atomic mass is 9.75. The number of hydrogen-bond acceptors (Lipinski definition) is 3. The van der Waals surface area contributed by atoms with Gasteiger partial charge in [0.05, 0.1) is 0 Å². The van der Waals surface area contributed by atoms with Crippen molar-refractivity contribution in [3.05, 3.63) is 94.5 Å². The molecule has 2 aliphatic heterocycles. The summed E-state index contributed by atoms with van der Waals surface area (Å²) in [6.07, 6.45) is 4.81. The molecule has 3 aromatic rings. The van der Waals surface area contributed by atoms with Crippen LogP contribution in [0.15, 0.2) is 66.7 Å². The Morgan fingerprint density at radius 3 is 1.97 bits per heavy atom. The zero-order valence-electron chi connectivity index (χ0n) is 21.8. The van der Waals surface area contributed by atoms with Crippen molar-refractivity contribution in [1.29, 1.82) is 0 Å². The minimum absolute atomic E-state index is 0.0203. The average molecular weight is 494 g/mol. The summed E-state index contributed by atoms with van der Waals surface area (Å²) < 4.78 is 6.04. The van der Waals surface area contributed by atoms with Crippen LogP contribution in [0.1, 0.15) is 65.8 Å². The van der Waals surface area contributed by atoms with Gasteiger partial charge in [-0.15, -0.1) is 0 Å². The van der Waals surface area contributed by atoms with Gasteiger partial charge in [0.25, 0.3) is 0 Å². The van der Waals surface area contributed by atoms with Crippen LogP contribution in [0.25, 0.3) is 11.1 Å². The van der Waals surface area contributed by atoms with Crippen molar-refractivity contribution in [2.75, 3.05) is 6.61 Å². The van der Waals surface area contributed by atoms with Gasteiger partial charge in [0.15, 0.2) is 0 Å². The molecule has 3 aliphatic rings. The molecule has 0 N–H and O–H groups in total. The zero-order chi connectivity index (χ0) is 25.5. The third-order valence-electron chi connectivity index (χ3n) is 8.97. The van der Waals surface area contributed by atoms with Gasteiger partial charge in [-0.05, 0) is 84.9 Å². The van der Waals surface area contributed by atoms with E-state index in [9.17, 15) is 9.59 Å². The van der Waals surface area contributed by atoms with Gasteiger partial charge in [-0.3, -0.25) is 4.79 Å². The number of piperidine rings is 2. The fourth-order valence-electron chi connectivity index (χ4n) is 7.06. The average Bonchev–Trinajstić information content (AvgIpc) is 3.22. The van der Waals surface area contributed by atoms with Crippen LogP contribution < -0.4 is 0 Å². The number of Topliss-reactive ketones (excluding diaryl/α,β-unsaturated/α-hetero) is 1. The molecule has 0 saturated carbocycles. The van der Waals surface area contributed by atoms with Crippen molar-refractivity contribution in [3.63, 3.8) is 0 Å². The maximum Gasteiger partial charge on any atom is 0.410 e. The first kappa shape index (κ1) is 24.0. The summed E-state index contributed by atoms with van der Waals surface area (Å²) >= 11 is 0. The Morgan fingerprint density at radius 1 is 0.811 bits per heavy atom. The fraction of sp³-hybridized carbons (Fsp3) is 0.394. The number of benzene rings is 3. The summed E-state index contributed by atoms with van der Waals surface area (Å²) in [7, 11) is 0. The molecule has 0 spiro atoms. The standard InChI is InChI=1S/C33H35NO3/c1-21-9-7-10-22(2)30(21)19-32(35)23-17-24-11-8-12-25(18-23)34(24)33(36)37-20-31-28-15-5-3-13-26(28)27-14-4-6-16-29(27)31/h3-7,9-10,13-16,23-25,31H,8,11-12,17-20H2,1-2H3. The Kier molecular flexibility index (Phi) is 6.36. The monoisotopic (exact) mass is 493 g/mol. The number of carbonyl (C=O) groups is 2. The second kappa shape index (κ2) is 9.81. The number of aryl methyl sites for hydroxylation is 2. The molecule has 1 amide bonds. The summed E-state index contributed by atoms with van der Waals surface area (Å²) in [6, 6.07) is 23.3. The van der Waals surface area contributed by atoms with E-state index in [1.807, 2.05) is 4.90 Å². The number of hydrogen-bond donors (Lipinski definition) is 0. The lowest BCUT2D eigenvalue weighted by Crippen LogP contribution is -2.56. The number of rotatable bonds is 5. The van der Waals surface area contributed by atoms with E-state index in [-0.39, 0.29) is 30.0 Å². The quantitative estimate of drug-likeness (QED) is 0.385. The second-order valence-corrected chi connectivity index (χ2v) is 11.1. The predicted molar refractivity (Wildman–Crippen MR) is 146 cm³/mol. The number of amides is 1. The number of ether oxygens (including phenoxy) is 1. The fourth-order valence-corrected chi connectivity index (χ4v) is 7.06. The lowest BCUT2D eigenvalue weighted by Gasteiger charge is -2.47. The molecule has 2 saturated heterocycles. The largest absolute Gasteiger partial charge is 0.448 e. The van der Waals surface area contributed by atoms with Crippen LogP contribution in [0.5, 0.6) is 0 Å². The van der Waals surface area contributed by atoms with E-state index in [0.717, 1.165) is 37.7 Å². The van der Waals surface area contributed by atoms with Gasteiger partial charge >= 0.3 is 6.09 Å². The molecule has 190 valence electrons. The summed E-state index contributed by atoms with van der Waals surface area (Å²) in [4.78, 5) is 28.8. The van der Waals surface area contributed by atoms with Crippen molar-refractivity contribution in [3.8, 4) is 11.1 Å². The zero-order valence-corrected chi connectivity index (χ0v) is 21.8. The van der Waals surface area contributed by atoms with E-state index in [2.05, 4.69) is 80.6 Å². The second-order valence-electron chi connectivity index (χ2n) is 11.1. The molecule has 2 heterocycles. The molecular weight excluding hydrogens is 458 g/mol. The van der Waals surface area contributed by atoms with Crippen molar-refractivity contribution < 1.29 is 14.3 Å². The summed E-state index contributed by atoms with van der Waals surface area (Å²) in [6.45, 7) is 4.52. The first-order chi connectivity index (χ1) is 18.0. The number of nitrogens with zero attached hydrogens (tertiary/aromatic N) is 1. The van der Waals surface area contributed by atoms with E-state index in [0.29, 0.717) is 18.8 Å². The topological polar surface area (TPSA) is 46.6 Å². The minimum Gasteiger partial charge on any atom is -0.448 e. The molecule has 2 atom stereocenters. The van der Waals surface area contributed by atoms with E-state index in [1.54, 1.807) is 0 Å². The van der Waals surface area contributed by atoms with Gasteiger partial charge in [-0.1, -0.05) is 66.7 Å². The van der Waals surface area contributed by atoms with E-state index < -0.39 is 0 Å². The Bertz CT molecular complexity index is 1270. The highest BCUT2D eigenvalue weighted by Crippen LogP contribution is 2.45. The number of ketones is 1. The van der Waals surface area contributed by atoms with Crippen molar-refractivity contribution in [2.24, 2.45) is 5.92 Å². The summed E-state index contributed by atoms with van der Waals surface area (Å²) in [5.41, 5.74) is 8.46. The first-order valence-electron chi connectivity index (χ1n) is 13.7. The van der Waals surface area contributed by atoms with Gasteiger partial charge in [0.2, 0.25) is 0 Å². The molecule has 0 aromatic heterocycles. The van der Waals surface area contributed by atoms with Crippen LogP contribution in [0.4, 0.5) is 4.79 Å². The maximum atomic E-state index is 13.5. The molecule has 1 aliphatic carbocycles. The Labute approximate surface area is 219 Å². The van der Waals surface area contributed by atoms with Crippen LogP contribution in [0.3, 0.4) is 0 Å². The van der Waals surface area contributed by atoms with Crippen molar-refractivity contribution in [2.45, 2.75) is 70.4 Å². The smallest absolute Gasteiger partial charge is 0.410 e. The molecule has 37 heavy (non-hydrogen) atoms. The molecule has 6 rings (SSSR count). The van der Waals surface area contributed by atoms with Gasteiger partial charge in [0, 0.05) is 30.3 Å². The normalized spacial score (nSPS) is 22.3. The highest BCUT2D eigenvalue weighted by molar-refractivity contribution is 5.84. The van der Waals surface area contributed by atoms with E-state index in [4.69, 9.17) is 4.74 Å². The van der Waals surface area contributed by atoms with Gasteiger partial charge in [-0.2, -0.15) is 0 Å². The van der Waals surface area contributed by atoms with Crippen LogP contribution in [0, 0.1) is 19.8 Å². The van der Waals surface area contributed by atoms with Crippen LogP contribution in [-0.2, 0) is 16.0 Å². The molecule has 4 heteroatoms. The minimum atomic E-state index is -0.211. The lowest BCUT2D eigenvalue weighted by molar-refractivity contribution is -0.126. The first-order valence-corrected chi connectivity index (χ1v) is 13.7. The molecule has 4 nitrogen and oxygen atoms in total. The molecule has 3 aromatic carbocycles. The van der Waals surface area contributed by atoms with Gasteiger partial charge in [0.1, 0.15) is 12.4 Å². The van der Waals surface area contributed by atoms with Crippen LogP contribution >= 0.6 is 0 Å². The predicted octanol–water partition coefficient (Wildman–Crippen LogP) is 7.00. The Balaban J connectivity index is 1.14. The summed E-state index contributed by atoms with van der Waals surface area (Å²) in [5, 5.41) is 0. The third-order valence-corrected chi connectivity index (χ3v) is 8.97. The maximum absolute atomic E-state index is 13.5. The van der Waals surface area contributed by atoms with Crippen molar-refractivity contribution >= 4 is 11.9 Å². The highest BCUT2D eigenvalue weighted by Gasteiger charge is 2.44. The molecular formula is C33H35NO3. The molecule has 2 bridgehead atoms. The summed E-state index contributed by atoms with van der Waals surface area (Å²) in [5.74, 6) is 0.404.